The molecular weight excluding hydrogens is 331 g/mol. The van der Waals surface area contributed by atoms with E-state index in [2.05, 4.69) is 0 Å². The second-order valence-corrected chi connectivity index (χ2v) is 7.48. The second-order valence-electron chi connectivity index (χ2n) is 5.90. The largest absolute Gasteiger partial charge is 0.367 e. The Morgan fingerprint density at radius 3 is 1.52 bits per heavy atom. The normalized spacial score (nSPS) is 13.7. The number of nitrogens with two attached hydrogens (primary N) is 1. The van der Waals surface area contributed by atoms with E-state index in [0.29, 0.717) is 11.4 Å². The summed E-state index contributed by atoms with van der Waals surface area (Å²) >= 11 is 0. The Hall–Kier alpha value is -2.65. The fraction of sp³-hybridized carbons (Fsp3) is 0. The Balaban J connectivity index is 2.06. The van der Waals surface area contributed by atoms with Crippen molar-refractivity contribution in [2.24, 2.45) is 5.50 Å². The van der Waals surface area contributed by atoms with Crippen LogP contribution in [0.4, 0.5) is 11.4 Å². The molecule has 124 valence electrons. The highest BCUT2D eigenvalue weighted by Gasteiger charge is 2.28. The number of benzene rings is 4. The number of hydrogen-bond acceptors (Lipinski definition) is 1. The Labute approximate surface area is 145 Å². The molecule has 0 aliphatic rings. The first-order valence-electron chi connectivity index (χ1n) is 7.93. The third kappa shape index (κ3) is 2.81. The van der Waals surface area contributed by atoms with Gasteiger partial charge in [-0.15, -0.1) is 0 Å². The molecule has 0 aliphatic heterocycles. The number of hydrogen-bond donors (Lipinski definition) is 2. The summed E-state index contributed by atoms with van der Waals surface area (Å²) in [6.07, 6.45) is 0. The molecule has 4 rings (SSSR count). The highest BCUT2D eigenvalue weighted by Crippen LogP contribution is 2.50. The lowest BCUT2D eigenvalue weighted by Gasteiger charge is -2.29. The van der Waals surface area contributed by atoms with Gasteiger partial charge in [-0.2, -0.15) is 0 Å². The molecule has 0 aromatic heterocycles. The summed E-state index contributed by atoms with van der Waals surface area (Å²) in [5.41, 5.74) is 6.99. The van der Waals surface area contributed by atoms with Crippen LogP contribution in [0.25, 0.3) is 21.5 Å². The maximum Gasteiger partial charge on any atom is 0.367 e. The summed E-state index contributed by atoms with van der Waals surface area (Å²) in [5, 5.41) is 3.72. The topological polar surface area (TPSA) is 66.6 Å². The molecule has 0 heterocycles. The SMILES string of the molecule is NP(=O)(O)N(c1cccc2ccccc12)c1cccc2ccccc12. The molecular formula is C20H17N2O2P. The number of rotatable bonds is 3. The molecule has 0 fully saturated rings. The molecule has 1 atom stereocenters. The van der Waals surface area contributed by atoms with Crippen LogP contribution in [0.3, 0.4) is 0 Å². The molecule has 25 heavy (non-hydrogen) atoms. The van der Waals surface area contributed by atoms with Crippen LogP contribution in [0.15, 0.2) is 84.9 Å². The lowest BCUT2D eigenvalue weighted by atomic mass is 10.1. The predicted molar refractivity (Wildman–Crippen MR) is 104 cm³/mol. The van der Waals surface area contributed by atoms with E-state index in [4.69, 9.17) is 5.50 Å². The van der Waals surface area contributed by atoms with Crippen LogP contribution in [0, 0.1) is 0 Å². The van der Waals surface area contributed by atoms with Crippen LogP contribution in [0.1, 0.15) is 0 Å². The van der Waals surface area contributed by atoms with Gasteiger partial charge in [-0.05, 0) is 22.9 Å². The Morgan fingerprint density at radius 1 is 0.680 bits per heavy atom. The first kappa shape index (κ1) is 15.9. The molecule has 0 radical (unpaired) electrons. The molecule has 3 N–H and O–H groups in total. The van der Waals surface area contributed by atoms with Gasteiger partial charge in [0.25, 0.3) is 0 Å². The maximum absolute atomic E-state index is 12.7. The molecule has 4 aromatic carbocycles. The van der Waals surface area contributed by atoms with Gasteiger partial charge < -0.3 is 4.89 Å². The Bertz CT molecular complexity index is 1030. The van der Waals surface area contributed by atoms with E-state index in [-0.39, 0.29) is 0 Å². The summed E-state index contributed by atoms with van der Waals surface area (Å²) < 4.78 is 14.0. The van der Waals surface area contributed by atoms with E-state index in [0.717, 1.165) is 21.5 Å². The van der Waals surface area contributed by atoms with Crippen molar-refractivity contribution >= 4 is 40.6 Å². The minimum Gasteiger partial charge on any atom is -0.317 e. The van der Waals surface area contributed by atoms with Crippen molar-refractivity contribution in [3.63, 3.8) is 0 Å². The van der Waals surface area contributed by atoms with E-state index in [1.165, 1.54) is 4.67 Å². The minimum absolute atomic E-state index is 0.614. The van der Waals surface area contributed by atoms with Crippen molar-refractivity contribution in [3.05, 3.63) is 84.9 Å². The summed E-state index contributed by atoms with van der Waals surface area (Å²) in [6.45, 7) is 0. The number of fused-ring (bicyclic) bond motifs is 2. The average molecular weight is 348 g/mol. The van der Waals surface area contributed by atoms with Gasteiger partial charge in [-0.1, -0.05) is 72.8 Å². The highest BCUT2D eigenvalue weighted by molar-refractivity contribution is 7.57. The smallest absolute Gasteiger partial charge is 0.317 e. The van der Waals surface area contributed by atoms with Gasteiger partial charge in [0.15, 0.2) is 0 Å². The van der Waals surface area contributed by atoms with Gasteiger partial charge in [-0.3, -0.25) is 4.67 Å². The number of nitrogens with zero attached hydrogens (tertiary/aromatic N) is 1. The van der Waals surface area contributed by atoms with E-state index < -0.39 is 7.67 Å². The maximum atomic E-state index is 12.7. The van der Waals surface area contributed by atoms with E-state index in [9.17, 15) is 9.46 Å². The van der Waals surface area contributed by atoms with Crippen LogP contribution in [-0.4, -0.2) is 4.89 Å². The van der Waals surface area contributed by atoms with Gasteiger partial charge in [-0.25, -0.2) is 10.1 Å². The molecule has 5 heteroatoms. The zero-order chi connectivity index (χ0) is 17.4. The van der Waals surface area contributed by atoms with Crippen molar-refractivity contribution in [1.29, 1.82) is 0 Å². The highest BCUT2D eigenvalue weighted by atomic mass is 31.2. The van der Waals surface area contributed by atoms with Gasteiger partial charge in [0.1, 0.15) is 0 Å². The molecule has 0 aliphatic carbocycles. The molecule has 4 nitrogen and oxygen atoms in total. The summed E-state index contributed by atoms with van der Waals surface area (Å²) in [5.74, 6) is 0. The summed E-state index contributed by atoms with van der Waals surface area (Å²) in [6, 6.07) is 26.8. The molecule has 0 bridgehead atoms. The third-order valence-corrected chi connectivity index (χ3v) is 5.28. The minimum atomic E-state index is -4.10. The van der Waals surface area contributed by atoms with Crippen LogP contribution in [0.5, 0.6) is 0 Å². The van der Waals surface area contributed by atoms with Crippen molar-refractivity contribution in [1.82, 2.24) is 0 Å². The molecule has 1 unspecified atom stereocenters. The van der Waals surface area contributed by atoms with Crippen molar-refractivity contribution in [2.75, 3.05) is 4.67 Å². The summed E-state index contributed by atoms with van der Waals surface area (Å²) in [4.78, 5) is 10.4. The first-order valence-corrected chi connectivity index (χ1v) is 9.61. The standard InChI is InChI=1S/C20H17N2O2P/c21-25(23,24)22(19-13-5-9-15-7-1-3-11-17(15)19)20-14-6-10-16-8-2-4-12-18(16)20/h1-14H,(H3,21,23,24). The van der Waals surface area contributed by atoms with Crippen LogP contribution >= 0.6 is 7.67 Å². The molecule has 0 spiro atoms. The van der Waals surface area contributed by atoms with Crippen LogP contribution < -0.4 is 10.2 Å². The van der Waals surface area contributed by atoms with Crippen molar-refractivity contribution in [2.45, 2.75) is 0 Å². The van der Waals surface area contributed by atoms with Crippen molar-refractivity contribution < 1.29 is 9.46 Å². The average Bonchev–Trinajstić information content (AvgIpc) is 2.61. The van der Waals surface area contributed by atoms with Crippen molar-refractivity contribution in [3.8, 4) is 0 Å². The quantitative estimate of drug-likeness (QED) is 0.500. The Morgan fingerprint density at radius 2 is 1.08 bits per heavy atom. The monoisotopic (exact) mass is 348 g/mol. The van der Waals surface area contributed by atoms with Gasteiger partial charge >= 0.3 is 7.67 Å². The zero-order valence-corrected chi connectivity index (χ0v) is 14.3. The first-order chi connectivity index (χ1) is 12.1. The summed E-state index contributed by atoms with van der Waals surface area (Å²) in [7, 11) is -4.10. The lowest BCUT2D eigenvalue weighted by molar-refractivity contribution is 0.480. The van der Waals surface area contributed by atoms with Gasteiger partial charge in [0.2, 0.25) is 0 Å². The molecule has 0 saturated heterocycles. The second kappa shape index (κ2) is 6.01. The van der Waals surface area contributed by atoms with Gasteiger partial charge in [0.05, 0.1) is 11.4 Å². The fourth-order valence-electron chi connectivity index (χ4n) is 3.22. The third-order valence-electron chi connectivity index (χ3n) is 4.28. The molecule has 0 saturated carbocycles. The zero-order valence-electron chi connectivity index (χ0n) is 13.4. The van der Waals surface area contributed by atoms with Crippen LogP contribution in [0.2, 0.25) is 0 Å². The van der Waals surface area contributed by atoms with E-state index in [1.807, 2.05) is 84.9 Å². The molecule has 0 amide bonds. The number of anilines is 2. The van der Waals surface area contributed by atoms with Gasteiger partial charge in [0, 0.05) is 10.8 Å². The van der Waals surface area contributed by atoms with Crippen LogP contribution in [-0.2, 0) is 4.57 Å². The lowest BCUT2D eigenvalue weighted by Crippen LogP contribution is -2.19. The predicted octanol–water partition coefficient (Wildman–Crippen LogP) is 5.19. The fourth-order valence-corrected chi connectivity index (χ4v) is 4.19. The van der Waals surface area contributed by atoms with E-state index in [1.54, 1.807) is 0 Å². The molecule has 4 aromatic rings. The van der Waals surface area contributed by atoms with E-state index >= 15 is 0 Å². The Kier molecular flexibility index (Phi) is 3.81.